The van der Waals surface area contributed by atoms with Crippen LogP contribution in [0.25, 0.3) is 0 Å². The second-order valence-electron chi connectivity index (χ2n) is 6.03. The molecule has 5 nitrogen and oxygen atoms in total. The lowest BCUT2D eigenvalue weighted by molar-refractivity contribution is 0.0506. The minimum absolute atomic E-state index is 0.0894. The Balaban J connectivity index is 2.24. The van der Waals surface area contributed by atoms with Gasteiger partial charge in [-0.05, 0) is 58.6 Å². The molecule has 0 aromatic carbocycles. The van der Waals surface area contributed by atoms with E-state index in [-0.39, 0.29) is 12.1 Å². The van der Waals surface area contributed by atoms with Crippen molar-refractivity contribution in [3.05, 3.63) is 23.9 Å². The number of anilines is 1. The van der Waals surface area contributed by atoms with Gasteiger partial charge in [0.25, 0.3) is 0 Å². The van der Waals surface area contributed by atoms with E-state index in [0.29, 0.717) is 5.82 Å². The Morgan fingerprint density at radius 2 is 2.15 bits per heavy atom. The Kier molecular flexibility index (Phi) is 5.80. The third kappa shape index (κ3) is 6.97. The van der Waals surface area contributed by atoms with Crippen molar-refractivity contribution in [2.75, 3.05) is 5.73 Å². The Bertz CT molecular complexity index is 424. The molecule has 0 radical (unpaired) electrons. The summed E-state index contributed by atoms with van der Waals surface area (Å²) in [5, 5.41) is 2.84. The maximum Gasteiger partial charge on any atom is 0.407 e. The van der Waals surface area contributed by atoms with Crippen LogP contribution in [0.15, 0.2) is 18.3 Å². The van der Waals surface area contributed by atoms with Crippen LogP contribution in [0.2, 0.25) is 0 Å². The highest BCUT2D eigenvalue weighted by Crippen LogP contribution is 2.09. The number of nitrogens with two attached hydrogens (primary N) is 1. The van der Waals surface area contributed by atoms with Crippen molar-refractivity contribution in [1.82, 2.24) is 10.3 Å². The molecule has 5 heteroatoms. The fourth-order valence-corrected chi connectivity index (χ4v) is 1.78. The number of nitrogen functional groups attached to an aromatic ring is 1. The Labute approximate surface area is 120 Å². The Morgan fingerprint density at radius 3 is 2.70 bits per heavy atom. The zero-order valence-corrected chi connectivity index (χ0v) is 12.8. The summed E-state index contributed by atoms with van der Waals surface area (Å²) in [5.74, 6) is 0.536. The number of hydrogen-bond acceptors (Lipinski definition) is 4. The lowest BCUT2D eigenvalue weighted by Crippen LogP contribution is -2.37. The van der Waals surface area contributed by atoms with E-state index in [2.05, 4.69) is 10.3 Å². The van der Waals surface area contributed by atoms with Crippen LogP contribution in [-0.4, -0.2) is 22.7 Å². The zero-order chi connectivity index (χ0) is 15.2. The van der Waals surface area contributed by atoms with Crippen LogP contribution in [0.3, 0.4) is 0 Å². The molecule has 0 aliphatic carbocycles. The van der Waals surface area contributed by atoms with E-state index in [9.17, 15) is 4.79 Å². The van der Waals surface area contributed by atoms with E-state index >= 15 is 0 Å². The molecule has 0 saturated heterocycles. The van der Waals surface area contributed by atoms with Gasteiger partial charge in [0.2, 0.25) is 0 Å². The molecule has 0 aliphatic rings. The van der Waals surface area contributed by atoms with Gasteiger partial charge in [-0.3, -0.25) is 0 Å². The molecule has 3 N–H and O–H groups in total. The molecule has 0 fully saturated rings. The first-order valence-corrected chi connectivity index (χ1v) is 6.96. The summed E-state index contributed by atoms with van der Waals surface area (Å²) in [6.45, 7) is 7.53. The first kappa shape index (κ1) is 16.3. The van der Waals surface area contributed by atoms with Crippen molar-refractivity contribution >= 4 is 11.9 Å². The fraction of sp³-hybridized carbons (Fsp3) is 0.600. The van der Waals surface area contributed by atoms with Crippen LogP contribution in [0, 0.1) is 0 Å². The summed E-state index contributed by atoms with van der Waals surface area (Å²) in [4.78, 5) is 15.6. The highest BCUT2D eigenvalue weighted by Gasteiger charge is 2.17. The van der Waals surface area contributed by atoms with Gasteiger partial charge in [-0.1, -0.05) is 6.07 Å². The number of aryl methyl sites for hydroxylation is 1. The number of hydrogen-bond donors (Lipinski definition) is 2. The number of pyridine rings is 1. The lowest BCUT2D eigenvalue weighted by atomic mass is 10.1. The molecule has 112 valence electrons. The van der Waals surface area contributed by atoms with E-state index in [4.69, 9.17) is 10.5 Å². The number of nitrogens with one attached hydrogen (secondary N) is 1. The van der Waals surface area contributed by atoms with Gasteiger partial charge in [0.05, 0.1) is 0 Å². The van der Waals surface area contributed by atoms with Gasteiger partial charge in [0, 0.05) is 12.2 Å². The van der Waals surface area contributed by atoms with E-state index in [0.717, 1.165) is 24.8 Å². The molecular formula is C15H25N3O2. The molecule has 1 aromatic heterocycles. The summed E-state index contributed by atoms with van der Waals surface area (Å²) >= 11 is 0. The molecule has 1 heterocycles. The third-order valence-electron chi connectivity index (χ3n) is 2.71. The summed E-state index contributed by atoms with van der Waals surface area (Å²) in [7, 11) is 0. The van der Waals surface area contributed by atoms with Gasteiger partial charge >= 0.3 is 6.09 Å². The van der Waals surface area contributed by atoms with Gasteiger partial charge in [0.15, 0.2) is 0 Å². The molecule has 0 aliphatic heterocycles. The van der Waals surface area contributed by atoms with Crippen LogP contribution in [0.5, 0.6) is 0 Å². The average molecular weight is 279 g/mol. The van der Waals surface area contributed by atoms with Gasteiger partial charge in [0.1, 0.15) is 11.4 Å². The number of rotatable bonds is 5. The van der Waals surface area contributed by atoms with Crippen LogP contribution in [-0.2, 0) is 11.2 Å². The number of carbonyl (C=O) groups is 1. The first-order chi connectivity index (χ1) is 9.26. The van der Waals surface area contributed by atoms with Gasteiger partial charge in [-0.15, -0.1) is 0 Å². The van der Waals surface area contributed by atoms with Crippen molar-refractivity contribution in [2.45, 2.75) is 58.6 Å². The van der Waals surface area contributed by atoms with Crippen LogP contribution in [0.4, 0.5) is 10.6 Å². The normalized spacial score (nSPS) is 12.8. The van der Waals surface area contributed by atoms with Crippen LogP contribution < -0.4 is 11.1 Å². The monoisotopic (exact) mass is 279 g/mol. The Morgan fingerprint density at radius 1 is 1.45 bits per heavy atom. The number of ether oxygens (including phenoxy) is 1. The smallest absolute Gasteiger partial charge is 0.407 e. The number of alkyl carbamates (subject to hydrolysis) is 1. The molecule has 0 saturated carbocycles. The zero-order valence-electron chi connectivity index (χ0n) is 12.8. The molecular weight excluding hydrogens is 254 g/mol. The molecule has 1 rings (SSSR count). The average Bonchev–Trinajstić information content (AvgIpc) is 2.29. The number of nitrogens with zero attached hydrogens (tertiary/aromatic N) is 1. The topological polar surface area (TPSA) is 77.2 Å². The molecule has 1 atom stereocenters. The van der Waals surface area contributed by atoms with Gasteiger partial charge in [-0.25, -0.2) is 9.78 Å². The highest BCUT2D eigenvalue weighted by molar-refractivity contribution is 5.67. The molecule has 0 bridgehead atoms. The van der Waals surface area contributed by atoms with Crippen molar-refractivity contribution in [3.63, 3.8) is 0 Å². The molecule has 1 amide bonds. The highest BCUT2D eigenvalue weighted by atomic mass is 16.6. The SMILES string of the molecule is C[C@@H](CCCc1ccc(N)nc1)NC(=O)OC(C)(C)C. The summed E-state index contributed by atoms with van der Waals surface area (Å²) < 4.78 is 5.21. The molecule has 20 heavy (non-hydrogen) atoms. The minimum atomic E-state index is -0.459. The standard InChI is InChI=1S/C15H25N3O2/c1-11(18-14(19)20-15(2,3)4)6-5-7-12-8-9-13(16)17-10-12/h8-11H,5-7H2,1-4H3,(H2,16,17)(H,18,19)/t11-/m0/s1. The number of aromatic nitrogens is 1. The largest absolute Gasteiger partial charge is 0.444 e. The quantitative estimate of drug-likeness (QED) is 0.868. The summed E-state index contributed by atoms with van der Waals surface area (Å²) in [6, 6.07) is 3.87. The van der Waals surface area contributed by atoms with E-state index < -0.39 is 5.60 Å². The van der Waals surface area contributed by atoms with Gasteiger partial charge < -0.3 is 15.8 Å². The predicted octanol–water partition coefficient (Wildman–Crippen LogP) is 2.90. The fourth-order valence-electron chi connectivity index (χ4n) is 1.78. The lowest BCUT2D eigenvalue weighted by Gasteiger charge is -2.21. The van der Waals surface area contributed by atoms with Crippen LogP contribution >= 0.6 is 0 Å². The van der Waals surface area contributed by atoms with Crippen molar-refractivity contribution in [3.8, 4) is 0 Å². The summed E-state index contributed by atoms with van der Waals surface area (Å²) in [6.07, 6.45) is 4.22. The molecule has 0 unspecified atom stereocenters. The van der Waals surface area contributed by atoms with Crippen LogP contribution in [0.1, 0.15) is 46.1 Å². The van der Waals surface area contributed by atoms with Crippen molar-refractivity contribution in [2.24, 2.45) is 0 Å². The first-order valence-electron chi connectivity index (χ1n) is 6.96. The van der Waals surface area contributed by atoms with Crippen molar-refractivity contribution < 1.29 is 9.53 Å². The maximum atomic E-state index is 11.6. The van der Waals surface area contributed by atoms with Gasteiger partial charge in [-0.2, -0.15) is 0 Å². The number of carbonyl (C=O) groups excluding carboxylic acids is 1. The minimum Gasteiger partial charge on any atom is -0.444 e. The van der Waals surface area contributed by atoms with E-state index in [1.165, 1.54) is 0 Å². The predicted molar refractivity (Wildman–Crippen MR) is 80.4 cm³/mol. The summed E-state index contributed by atoms with van der Waals surface area (Å²) in [5.41, 5.74) is 6.23. The van der Waals surface area contributed by atoms with E-state index in [1.807, 2.05) is 33.8 Å². The second kappa shape index (κ2) is 7.12. The molecule has 0 spiro atoms. The number of amides is 1. The molecule has 1 aromatic rings. The van der Waals surface area contributed by atoms with E-state index in [1.54, 1.807) is 12.3 Å². The Hall–Kier alpha value is -1.78. The maximum absolute atomic E-state index is 11.6. The second-order valence-corrected chi connectivity index (χ2v) is 6.03. The van der Waals surface area contributed by atoms with Crippen molar-refractivity contribution in [1.29, 1.82) is 0 Å². The third-order valence-corrected chi connectivity index (χ3v) is 2.71.